The predicted molar refractivity (Wildman–Crippen MR) is 79.1 cm³/mol. The van der Waals surface area contributed by atoms with Gasteiger partial charge in [0.2, 0.25) is 0 Å². The number of hydrogen-bond donors (Lipinski definition) is 0. The Balaban J connectivity index is 0.00000120. The van der Waals surface area contributed by atoms with Gasteiger partial charge >= 0.3 is 0 Å². The summed E-state index contributed by atoms with van der Waals surface area (Å²) in [5.74, 6) is 0. The second-order valence-electron chi connectivity index (χ2n) is 4.25. The van der Waals surface area contributed by atoms with Crippen molar-refractivity contribution in [3.05, 3.63) is 64.4 Å². The highest BCUT2D eigenvalue weighted by atomic mass is 35.5. The van der Waals surface area contributed by atoms with Crippen molar-refractivity contribution in [2.75, 3.05) is 0 Å². The van der Waals surface area contributed by atoms with Crippen molar-refractivity contribution < 1.29 is 0 Å². The van der Waals surface area contributed by atoms with E-state index in [1.54, 1.807) is 0 Å². The molecule has 0 fully saturated rings. The number of aromatic nitrogens is 1. The molecule has 1 aromatic heterocycles. The van der Waals surface area contributed by atoms with Crippen molar-refractivity contribution in [1.29, 1.82) is 0 Å². The van der Waals surface area contributed by atoms with Gasteiger partial charge in [-0.15, -0.1) is 12.4 Å². The standard InChI is InChI=1S/C15H12ClN.ClH/c16-14-3-4-15-12(1-2-13(15)10-14)9-11-5-7-17-8-6-11;/h3-10H,1-2H2;1H/b12-9-;. The van der Waals surface area contributed by atoms with E-state index in [1.807, 2.05) is 30.6 Å². The molecule has 1 aliphatic rings. The number of hydrogen-bond acceptors (Lipinski definition) is 1. The number of rotatable bonds is 1. The van der Waals surface area contributed by atoms with Crippen LogP contribution in [0.2, 0.25) is 5.02 Å². The zero-order valence-corrected chi connectivity index (χ0v) is 11.3. The Labute approximate surface area is 118 Å². The lowest BCUT2D eigenvalue weighted by Gasteiger charge is -2.01. The maximum absolute atomic E-state index is 6.00. The molecule has 0 aliphatic heterocycles. The summed E-state index contributed by atoms with van der Waals surface area (Å²) in [7, 11) is 0. The molecule has 0 amide bonds. The molecule has 18 heavy (non-hydrogen) atoms. The van der Waals surface area contributed by atoms with Gasteiger partial charge in [-0.1, -0.05) is 23.7 Å². The van der Waals surface area contributed by atoms with E-state index >= 15 is 0 Å². The van der Waals surface area contributed by atoms with Crippen LogP contribution in [0.4, 0.5) is 0 Å². The molecule has 92 valence electrons. The molecule has 0 saturated heterocycles. The number of fused-ring (bicyclic) bond motifs is 1. The van der Waals surface area contributed by atoms with Crippen LogP contribution in [-0.2, 0) is 6.42 Å². The first kappa shape index (κ1) is 13.1. The summed E-state index contributed by atoms with van der Waals surface area (Å²) in [5.41, 5.74) is 5.30. The van der Waals surface area contributed by atoms with Gasteiger partial charge in [-0.25, -0.2) is 0 Å². The van der Waals surface area contributed by atoms with Crippen LogP contribution in [0.25, 0.3) is 11.6 Å². The molecule has 2 aromatic rings. The molecule has 1 aliphatic carbocycles. The Morgan fingerprint density at radius 1 is 1.06 bits per heavy atom. The second-order valence-corrected chi connectivity index (χ2v) is 4.69. The molecule has 0 atom stereocenters. The SMILES string of the molecule is Cl.Clc1ccc2c(c1)CC/C2=C/c1ccncc1. The normalized spacial score (nSPS) is 15.3. The number of benzene rings is 1. The van der Waals surface area contributed by atoms with Gasteiger partial charge < -0.3 is 0 Å². The van der Waals surface area contributed by atoms with Crippen molar-refractivity contribution in [3.63, 3.8) is 0 Å². The summed E-state index contributed by atoms with van der Waals surface area (Å²) in [4.78, 5) is 4.03. The quantitative estimate of drug-likeness (QED) is 0.740. The van der Waals surface area contributed by atoms with Crippen LogP contribution in [0.5, 0.6) is 0 Å². The molecule has 0 saturated carbocycles. The molecule has 3 heteroatoms. The Morgan fingerprint density at radius 3 is 2.61 bits per heavy atom. The maximum atomic E-state index is 6.00. The van der Waals surface area contributed by atoms with Gasteiger partial charge in [0.1, 0.15) is 0 Å². The van der Waals surface area contributed by atoms with E-state index in [1.165, 1.54) is 22.3 Å². The third-order valence-electron chi connectivity index (χ3n) is 3.12. The van der Waals surface area contributed by atoms with Gasteiger partial charge in [-0.05, 0) is 59.4 Å². The molecule has 0 N–H and O–H groups in total. The summed E-state index contributed by atoms with van der Waals surface area (Å²) >= 11 is 6.00. The molecule has 1 aromatic carbocycles. The summed E-state index contributed by atoms with van der Waals surface area (Å²) < 4.78 is 0. The first-order valence-electron chi connectivity index (χ1n) is 5.72. The van der Waals surface area contributed by atoms with Crippen LogP contribution in [0.3, 0.4) is 0 Å². The van der Waals surface area contributed by atoms with Crippen LogP contribution in [0.1, 0.15) is 23.1 Å². The summed E-state index contributed by atoms with van der Waals surface area (Å²) in [6.07, 6.45) is 8.07. The van der Waals surface area contributed by atoms with E-state index in [4.69, 9.17) is 11.6 Å². The number of allylic oxidation sites excluding steroid dienone is 1. The lowest BCUT2D eigenvalue weighted by Crippen LogP contribution is -1.81. The Morgan fingerprint density at radius 2 is 1.83 bits per heavy atom. The Kier molecular flexibility index (Phi) is 4.05. The van der Waals surface area contributed by atoms with E-state index in [-0.39, 0.29) is 12.4 Å². The zero-order chi connectivity index (χ0) is 11.7. The van der Waals surface area contributed by atoms with E-state index in [2.05, 4.69) is 23.2 Å². The lowest BCUT2D eigenvalue weighted by molar-refractivity contribution is 1.08. The number of aryl methyl sites for hydroxylation is 1. The third-order valence-corrected chi connectivity index (χ3v) is 3.36. The van der Waals surface area contributed by atoms with E-state index in [9.17, 15) is 0 Å². The predicted octanol–water partition coefficient (Wildman–Crippen LogP) is 4.64. The van der Waals surface area contributed by atoms with Crippen molar-refractivity contribution in [1.82, 2.24) is 4.98 Å². The Bertz CT molecular complexity index is 576. The maximum Gasteiger partial charge on any atom is 0.0409 e. The summed E-state index contributed by atoms with van der Waals surface area (Å²) in [6.45, 7) is 0. The lowest BCUT2D eigenvalue weighted by atomic mass is 10.1. The topological polar surface area (TPSA) is 12.9 Å². The molecule has 0 radical (unpaired) electrons. The molecular formula is C15H13Cl2N. The highest BCUT2D eigenvalue weighted by Crippen LogP contribution is 2.34. The molecule has 1 heterocycles. The van der Waals surface area contributed by atoms with Crippen LogP contribution < -0.4 is 0 Å². The van der Waals surface area contributed by atoms with Crippen LogP contribution in [0.15, 0.2) is 42.7 Å². The zero-order valence-electron chi connectivity index (χ0n) is 9.77. The first-order chi connectivity index (χ1) is 8.33. The van der Waals surface area contributed by atoms with Gasteiger partial charge in [0.15, 0.2) is 0 Å². The smallest absolute Gasteiger partial charge is 0.0409 e. The average molecular weight is 278 g/mol. The van der Waals surface area contributed by atoms with E-state index in [0.29, 0.717) is 0 Å². The van der Waals surface area contributed by atoms with Crippen molar-refractivity contribution in [2.24, 2.45) is 0 Å². The van der Waals surface area contributed by atoms with Gasteiger partial charge in [0.05, 0.1) is 0 Å². The van der Waals surface area contributed by atoms with E-state index < -0.39 is 0 Å². The second kappa shape index (κ2) is 5.55. The van der Waals surface area contributed by atoms with Crippen molar-refractivity contribution in [2.45, 2.75) is 12.8 Å². The van der Waals surface area contributed by atoms with Crippen LogP contribution in [0, 0.1) is 0 Å². The number of nitrogens with zero attached hydrogens (tertiary/aromatic N) is 1. The fourth-order valence-corrected chi connectivity index (χ4v) is 2.49. The molecule has 1 nitrogen and oxygen atoms in total. The molecule has 0 unspecified atom stereocenters. The Hall–Kier alpha value is -1.31. The molecule has 0 bridgehead atoms. The minimum absolute atomic E-state index is 0. The van der Waals surface area contributed by atoms with Crippen LogP contribution >= 0.6 is 24.0 Å². The van der Waals surface area contributed by atoms with Crippen LogP contribution in [-0.4, -0.2) is 4.98 Å². The molecule has 3 rings (SSSR count). The number of pyridine rings is 1. The average Bonchev–Trinajstić information content (AvgIpc) is 2.73. The van der Waals surface area contributed by atoms with Gasteiger partial charge in [0.25, 0.3) is 0 Å². The monoisotopic (exact) mass is 277 g/mol. The molecular weight excluding hydrogens is 265 g/mol. The van der Waals surface area contributed by atoms with Gasteiger partial charge in [0, 0.05) is 17.4 Å². The van der Waals surface area contributed by atoms with E-state index in [0.717, 1.165) is 17.9 Å². The highest BCUT2D eigenvalue weighted by molar-refractivity contribution is 6.30. The fraction of sp³-hybridized carbons (Fsp3) is 0.133. The minimum Gasteiger partial charge on any atom is -0.265 e. The molecule has 0 spiro atoms. The highest BCUT2D eigenvalue weighted by Gasteiger charge is 2.15. The van der Waals surface area contributed by atoms with Crippen molar-refractivity contribution >= 4 is 35.7 Å². The fourth-order valence-electron chi connectivity index (χ4n) is 2.30. The summed E-state index contributed by atoms with van der Waals surface area (Å²) in [5, 5.41) is 0.828. The summed E-state index contributed by atoms with van der Waals surface area (Å²) in [6, 6.07) is 10.2. The van der Waals surface area contributed by atoms with Crippen molar-refractivity contribution in [3.8, 4) is 0 Å². The van der Waals surface area contributed by atoms with Gasteiger partial charge in [-0.2, -0.15) is 0 Å². The largest absolute Gasteiger partial charge is 0.265 e. The first-order valence-corrected chi connectivity index (χ1v) is 6.10. The number of halogens is 2. The minimum atomic E-state index is 0. The third kappa shape index (κ3) is 2.58. The van der Waals surface area contributed by atoms with Gasteiger partial charge in [-0.3, -0.25) is 4.98 Å².